The fraction of sp³-hybridized carbons (Fsp3) is 0.438. The van der Waals surface area contributed by atoms with Gasteiger partial charge in [0.2, 0.25) is 5.91 Å². The van der Waals surface area contributed by atoms with Crippen LogP contribution < -0.4 is 5.73 Å². The largest absolute Gasteiger partial charge is 0.387 e. The lowest BCUT2D eigenvalue weighted by Crippen LogP contribution is -2.34. The molecule has 0 atom stereocenters. The molecule has 0 spiro atoms. The first-order valence-electron chi connectivity index (χ1n) is 7.42. The van der Waals surface area contributed by atoms with Crippen LogP contribution in [-0.4, -0.2) is 34.7 Å². The van der Waals surface area contributed by atoms with Crippen LogP contribution >= 0.6 is 0 Å². The number of nitrogens with two attached hydrogens (primary N) is 1. The van der Waals surface area contributed by atoms with E-state index in [0.29, 0.717) is 17.8 Å². The molecule has 5 heteroatoms. The lowest BCUT2D eigenvalue weighted by atomic mass is 10.1. The van der Waals surface area contributed by atoms with Crippen molar-refractivity contribution in [3.8, 4) is 0 Å². The molecule has 1 aromatic rings. The molecule has 0 aromatic carbocycles. The van der Waals surface area contributed by atoms with Gasteiger partial charge in [0.15, 0.2) is 0 Å². The molecule has 0 aliphatic carbocycles. The Labute approximate surface area is 125 Å². The van der Waals surface area contributed by atoms with Crippen molar-refractivity contribution in [2.24, 2.45) is 10.7 Å². The molecule has 0 radical (unpaired) electrons. The molecule has 0 bridgehead atoms. The van der Waals surface area contributed by atoms with Gasteiger partial charge in [-0.2, -0.15) is 0 Å². The highest BCUT2D eigenvalue weighted by atomic mass is 16.2. The van der Waals surface area contributed by atoms with Gasteiger partial charge in [0.25, 0.3) is 0 Å². The zero-order valence-electron chi connectivity index (χ0n) is 12.7. The van der Waals surface area contributed by atoms with Crippen LogP contribution in [0.5, 0.6) is 0 Å². The lowest BCUT2D eigenvalue weighted by Gasteiger charge is -2.22. The number of hydrogen-bond acceptors (Lipinski definition) is 4. The van der Waals surface area contributed by atoms with Crippen LogP contribution in [0.1, 0.15) is 38.7 Å². The summed E-state index contributed by atoms with van der Waals surface area (Å²) in [6, 6.07) is 1.81. The SMILES string of the molecule is CCCN(CCC)C(=O)C1=Cc2cnccc2N=C(N)C1. The first-order valence-corrected chi connectivity index (χ1v) is 7.42. The molecule has 1 aliphatic rings. The Morgan fingerprint density at radius 2 is 2.05 bits per heavy atom. The average Bonchev–Trinajstić information content (AvgIpc) is 2.64. The molecule has 2 N–H and O–H groups in total. The van der Waals surface area contributed by atoms with E-state index in [9.17, 15) is 4.79 Å². The molecule has 0 unspecified atom stereocenters. The van der Waals surface area contributed by atoms with E-state index >= 15 is 0 Å². The Balaban J connectivity index is 2.33. The monoisotopic (exact) mass is 286 g/mol. The molecule has 0 saturated heterocycles. The van der Waals surface area contributed by atoms with E-state index < -0.39 is 0 Å². The summed E-state index contributed by atoms with van der Waals surface area (Å²) in [7, 11) is 0. The van der Waals surface area contributed by atoms with Gasteiger partial charge in [0.1, 0.15) is 5.84 Å². The van der Waals surface area contributed by atoms with E-state index in [-0.39, 0.29) is 5.91 Å². The van der Waals surface area contributed by atoms with Crippen molar-refractivity contribution in [2.75, 3.05) is 13.1 Å². The smallest absolute Gasteiger partial charge is 0.250 e. The van der Waals surface area contributed by atoms with Gasteiger partial charge in [0.05, 0.1) is 5.69 Å². The Hall–Kier alpha value is -2.17. The molecule has 1 aliphatic heterocycles. The molecular formula is C16H22N4O. The fourth-order valence-electron chi connectivity index (χ4n) is 2.44. The third-order valence-corrected chi connectivity index (χ3v) is 3.34. The highest BCUT2D eigenvalue weighted by Gasteiger charge is 2.20. The van der Waals surface area contributed by atoms with Crippen molar-refractivity contribution in [3.63, 3.8) is 0 Å². The van der Waals surface area contributed by atoms with Crippen molar-refractivity contribution < 1.29 is 4.79 Å². The molecule has 5 nitrogen and oxygen atoms in total. The highest BCUT2D eigenvalue weighted by Crippen LogP contribution is 2.25. The summed E-state index contributed by atoms with van der Waals surface area (Å²) in [4.78, 5) is 23.1. The highest BCUT2D eigenvalue weighted by molar-refractivity contribution is 6.05. The summed E-state index contributed by atoms with van der Waals surface area (Å²) in [6.07, 6.45) is 7.54. The van der Waals surface area contributed by atoms with Gasteiger partial charge in [-0.1, -0.05) is 13.8 Å². The standard InChI is InChI=1S/C16H22N4O/c1-3-7-20(8-4-2)16(21)12-9-13-11-18-6-5-14(13)19-15(17)10-12/h5-6,9,11H,3-4,7-8,10H2,1-2H3,(H2,17,19). The van der Waals surface area contributed by atoms with Gasteiger partial charge in [-0.15, -0.1) is 0 Å². The van der Waals surface area contributed by atoms with Crippen LogP contribution in [0.25, 0.3) is 6.08 Å². The topological polar surface area (TPSA) is 71.6 Å². The maximum atomic E-state index is 12.7. The van der Waals surface area contributed by atoms with Crippen molar-refractivity contribution in [1.29, 1.82) is 0 Å². The minimum Gasteiger partial charge on any atom is -0.387 e. The molecule has 0 fully saturated rings. The normalized spacial score (nSPS) is 13.8. The summed E-state index contributed by atoms with van der Waals surface area (Å²) >= 11 is 0. The number of hydrogen-bond donors (Lipinski definition) is 1. The van der Waals surface area contributed by atoms with E-state index in [0.717, 1.165) is 37.2 Å². The summed E-state index contributed by atoms with van der Waals surface area (Å²) in [5.74, 6) is 0.515. The van der Waals surface area contributed by atoms with E-state index in [2.05, 4.69) is 23.8 Å². The van der Waals surface area contributed by atoms with E-state index in [1.807, 2.05) is 17.0 Å². The van der Waals surface area contributed by atoms with Crippen molar-refractivity contribution in [2.45, 2.75) is 33.1 Å². The van der Waals surface area contributed by atoms with Crippen LogP contribution in [0.3, 0.4) is 0 Å². The van der Waals surface area contributed by atoms with Crippen molar-refractivity contribution >= 4 is 23.5 Å². The lowest BCUT2D eigenvalue weighted by molar-refractivity contribution is -0.127. The number of amides is 1. The minimum absolute atomic E-state index is 0.0496. The summed E-state index contributed by atoms with van der Waals surface area (Å²) < 4.78 is 0. The predicted molar refractivity (Wildman–Crippen MR) is 85.3 cm³/mol. The molecule has 2 heterocycles. The molecule has 21 heavy (non-hydrogen) atoms. The number of rotatable bonds is 5. The van der Waals surface area contributed by atoms with Gasteiger partial charge in [0, 0.05) is 43.0 Å². The first-order chi connectivity index (χ1) is 10.2. The van der Waals surface area contributed by atoms with Crippen molar-refractivity contribution in [3.05, 3.63) is 29.6 Å². The van der Waals surface area contributed by atoms with E-state index in [4.69, 9.17) is 5.73 Å². The zero-order valence-corrected chi connectivity index (χ0v) is 12.7. The number of carbonyl (C=O) groups is 1. The number of aliphatic imine (C=N–C) groups is 1. The van der Waals surface area contributed by atoms with Crippen LogP contribution in [0.4, 0.5) is 5.69 Å². The van der Waals surface area contributed by atoms with E-state index in [1.165, 1.54) is 0 Å². The molecule has 2 rings (SSSR count). The maximum Gasteiger partial charge on any atom is 0.250 e. The van der Waals surface area contributed by atoms with Crippen LogP contribution in [0.2, 0.25) is 0 Å². The molecule has 112 valence electrons. The third kappa shape index (κ3) is 3.68. The molecule has 1 aromatic heterocycles. The second-order valence-electron chi connectivity index (χ2n) is 5.18. The van der Waals surface area contributed by atoms with Crippen LogP contribution in [0.15, 0.2) is 29.0 Å². The number of fused-ring (bicyclic) bond motifs is 1. The van der Waals surface area contributed by atoms with E-state index in [1.54, 1.807) is 12.4 Å². The molecule has 1 amide bonds. The summed E-state index contributed by atoms with van der Waals surface area (Å²) in [5.41, 5.74) is 8.24. The fourth-order valence-corrected chi connectivity index (χ4v) is 2.44. The molecular weight excluding hydrogens is 264 g/mol. The number of amidine groups is 1. The Morgan fingerprint density at radius 1 is 1.33 bits per heavy atom. The minimum atomic E-state index is 0.0496. The zero-order chi connectivity index (χ0) is 15.2. The van der Waals surface area contributed by atoms with Crippen LogP contribution in [-0.2, 0) is 4.79 Å². The van der Waals surface area contributed by atoms with Crippen molar-refractivity contribution in [1.82, 2.24) is 9.88 Å². The quantitative estimate of drug-likeness (QED) is 0.904. The molecule has 0 saturated carbocycles. The Bertz CT molecular complexity index is 571. The summed E-state index contributed by atoms with van der Waals surface area (Å²) in [5, 5.41) is 0. The summed E-state index contributed by atoms with van der Waals surface area (Å²) in [6.45, 7) is 5.68. The Kier molecular flexibility index (Phi) is 5.09. The Morgan fingerprint density at radius 3 is 2.71 bits per heavy atom. The van der Waals surface area contributed by atoms with Gasteiger partial charge >= 0.3 is 0 Å². The number of aromatic nitrogens is 1. The maximum absolute atomic E-state index is 12.7. The second kappa shape index (κ2) is 7.02. The number of pyridine rings is 1. The predicted octanol–water partition coefficient (Wildman–Crippen LogP) is 2.51. The van der Waals surface area contributed by atoms with Gasteiger partial charge < -0.3 is 10.6 Å². The van der Waals surface area contributed by atoms with Gasteiger partial charge in [-0.05, 0) is 25.0 Å². The number of nitrogens with zero attached hydrogens (tertiary/aromatic N) is 3. The third-order valence-electron chi connectivity index (χ3n) is 3.34. The van der Waals surface area contributed by atoms with Gasteiger partial charge in [-0.25, -0.2) is 4.99 Å². The second-order valence-corrected chi connectivity index (χ2v) is 5.18. The number of carbonyl (C=O) groups excluding carboxylic acids is 1. The first kappa shape index (κ1) is 15.2. The van der Waals surface area contributed by atoms with Gasteiger partial charge in [-0.3, -0.25) is 9.78 Å². The average molecular weight is 286 g/mol. The van der Waals surface area contributed by atoms with Crippen LogP contribution in [0, 0.1) is 0 Å².